The molecule has 0 bridgehead atoms. The van der Waals surface area contributed by atoms with E-state index in [-0.39, 0.29) is 30.5 Å². The lowest BCUT2D eigenvalue weighted by atomic mass is 9.87. The summed E-state index contributed by atoms with van der Waals surface area (Å²) in [7, 11) is 0. The van der Waals surface area contributed by atoms with E-state index in [0.717, 1.165) is 11.1 Å². The van der Waals surface area contributed by atoms with Gasteiger partial charge in [-0.3, -0.25) is 14.5 Å². The molecule has 1 heterocycles. The van der Waals surface area contributed by atoms with Crippen molar-refractivity contribution in [3.63, 3.8) is 0 Å². The van der Waals surface area contributed by atoms with Crippen LogP contribution >= 0.6 is 0 Å². The van der Waals surface area contributed by atoms with Crippen LogP contribution in [0, 0.1) is 5.92 Å². The van der Waals surface area contributed by atoms with E-state index in [1.807, 2.05) is 48.5 Å². The molecule has 0 radical (unpaired) electrons. The van der Waals surface area contributed by atoms with Gasteiger partial charge in [-0.1, -0.05) is 67.6 Å². The van der Waals surface area contributed by atoms with Crippen molar-refractivity contribution in [1.29, 1.82) is 0 Å². The first-order valence-corrected chi connectivity index (χ1v) is 10.7. The minimum atomic E-state index is -0.434. The fraction of sp³-hybridized carbons (Fsp3) is 0.440. The second-order valence-electron chi connectivity index (χ2n) is 8.10. The second-order valence-corrected chi connectivity index (χ2v) is 8.10. The van der Waals surface area contributed by atoms with Crippen molar-refractivity contribution in [2.24, 2.45) is 5.92 Å². The molecule has 0 amide bonds. The fourth-order valence-corrected chi connectivity index (χ4v) is 4.11. The Morgan fingerprint density at radius 3 is 2.10 bits per heavy atom. The van der Waals surface area contributed by atoms with Crippen molar-refractivity contribution in [2.75, 3.05) is 13.2 Å². The van der Waals surface area contributed by atoms with Crippen LogP contribution in [0.3, 0.4) is 0 Å². The number of hydrogen-bond acceptors (Lipinski definition) is 6. The molecular formula is C25H31NO5. The van der Waals surface area contributed by atoms with Crippen LogP contribution in [0.1, 0.15) is 31.9 Å². The number of hydrogen-bond donors (Lipinski definition) is 0. The molecule has 4 atom stereocenters. The molecule has 0 unspecified atom stereocenters. The maximum absolute atomic E-state index is 11.8. The monoisotopic (exact) mass is 425 g/mol. The van der Waals surface area contributed by atoms with E-state index < -0.39 is 12.2 Å². The third-order valence-corrected chi connectivity index (χ3v) is 5.53. The molecule has 0 saturated carbocycles. The van der Waals surface area contributed by atoms with Gasteiger partial charge in [0.05, 0.1) is 12.6 Å². The number of benzene rings is 2. The standard InChI is InChI=1S/C25H31NO5/c1-18-14-26(15-21-10-6-4-7-11-21)23(17-29-19(2)27)25(24(18)31-20(3)28)30-16-22-12-8-5-9-13-22/h4-13,18,23-25H,14-17H2,1-3H3/t18-,23+,24+,25-/m0/s1. The summed E-state index contributed by atoms with van der Waals surface area (Å²) < 4.78 is 17.5. The number of nitrogens with zero attached hydrogens (tertiary/aromatic N) is 1. The number of likely N-dealkylation sites (tertiary alicyclic amines) is 1. The largest absolute Gasteiger partial charge is 0.464 e. The highest BCUT2D eigenvalue weighted by Crippen LogP contribution is 2.30. The van der Waals surface area contributed by atoms with Gasteiger partial charge >= 0.3 is 11.9 Å². The van der Waals surface area contributed by atoms with Crippen LogP contribution in [0.2, 0.25) is 0 Å². The van der Waals surface area contributed by atoms with Gasteiger partial charge in [0.25, 0.3) is 0 Å². The van der Waals surface area contributed by atoms with Crippen LogP contribution in [0.25, 0.3) is 0 Å². The third-order valence-electron chi connectivity index (χ3n) is 5.53. The van der Waals surface area contributed by atoms with Gasteiger partial charge in [0.1, 0.15) is 18.8 Å². The summed E-state index contributed by atoms with van der Waals surface area (Å²) in [5.41, 5.74) is 2.19. The summed E-state index contributed by atoms with van der Waals surface area (Å²) in [5.74, 6) is -0.626. The van der Waals surface area contributed by atoms with E-state index in [4.69, 9.17) is 14.2 Å². The molecule has 1 aliphatic rings. The molecular weight excluding hydrogens is 394 g/mol. The summed E-state index contributed by atoms with van der Waals surface area (Å²) in [6.45, 7) is 6.82. The highest BCUT2D eigenvalue weighted by atomic mass is 16.6. The smallest absolute Gasteiger partial charge is 0.303 e. The van der Waals surface area contributed by atoms with Crippen molar-refractivity contribution in [1.82, 2.24) is 4.90 Å². The van der Waals surface area contributed by atoms with Crippen LogP contribution < -0.4 is 0 Å². The van der Waals surface area contributed by atoms with E-state index in [9.17, 15) is 9.59 Å². The second kappa shape index (κ2) is 11.1. The predicted molar refractivity (Wildman–Crippen MR) is 117 cm³/mol. The fourth-order valence-electron chi connectivity index (χ4n) is 4.11. The average molecular weight is 426 g/mol. The molecule has 6 nitrogen and oxygen atoms in total. The molecule has 0 aromatic heterocycles. The average Bonchev–Trinajstić information content (AvgIpc) is 2.74. The number of carbonyl (C=O) groups excluding carboxylic acids is 2. The van der Waals surface area contributed by atoms with Crippen LogP contribution in [0.4, 0.5) is 0 Å². The first kappa shape index (κ1) is 23.0. The topological polar surface area (TPSA) is 65.1 Å². The van der Waals surface area contributed by atoms with E-state index in [1.54, 1.807) is 0 Å². The van der Waals surface area contributed by atoms with Gasteiger partial charge in [-0.05, 0) is 11.1 Å². The molecule has 0 spiro atoms. The predicted octanol–water partition coefficient (Wildman–Crippen LogP) is 3.59. The number of rotatable bonds is 8. The highest BCUT2D eigenvalue weighted by Gasteiger charge is 2.45. The molecule has 6 heteroatoms. The van der Waals surface area contributed by atoms with Crippen LogP contribution in [0.5, 0.6) is 0 Å². The number of esters is 2. The van der Waals surface area contributed by atoms with E-state index in [0.29, 0.717) is 19.7 Å². The Balaban J connectivity index is 1.87. The maximum atomic E-state index is 11.8. The summed E-state index contributed by atoms with van der Waals surface area (Å²) in [6, 6.07) is 19.8. The first-order valence-electron chi connectivity index (χ1n) is 10.7. The van der Waals surface area contributed by atoms with E-state index >= 15 is 0 Å². The zero-order chi connectivity index (χ0) is 22.2. The van der Waals surface area contributed by atoms with Gasteiger partial charge in [-0.2, -0.15) is 0 Å². The van der Waals surface area contributed by atoms with Crippen LogP contribution in [-0.4, -0.2) is 48.2 Å². The van der Waals surface area contributed by atoms with E-state index in [2.05, 4.69) is 24.0 Å². The summed E-state index contributed by atoms with van der Waals surface area (Å²) in [4.78, 5) is 25.7. The molecule has 0 N–H and O–H groups in total. The zero-order valence-electron chi connectivity index (χ0n) is 18.4. The Morgan fingerprint density at radius 2 is 1.52 bits per heavy atom. The van der Waals surface area contributed by atoms with Crippen molar-refractivity contribution in [2.45, 2.75) is 52.2 Å². The minimum absolute atomic E-state index is 0.0574. The van der Waals surface area contributed by atoms with Crippen LogP contribution in [0.15, 0.2) is 60.7 Å². The number of piperidine rings is 1. The summed E-state index contributed by atoms with van der Waals surface area (Å²) in [5, 5.41) is 0. The van der Waals surface area contributed by atoms with Crippen LogP contribution in [-0.2, 0) is 37.0 Å². The lowest BCUT2D eigenvalue weighted by molar-refractivity contribution is -0.187. The molecule has 3 rings (SSSR count). The Hall–Kier alpha value is -2.70. The van der Waals surface area contributed by atoms with Gasteiger partial charge < -0.3 is 14.2 Å². The zero-order valence-corrected chi connectivity index (χ0v) is 18.4. The van der Waals surface area contributed by atoms with Crippen molar-refractivity contribution < 1.29 is 23.8 Å². The number of ether oxygens (including phenoxy) is 3. The molecule has 2 aromatic carbocycles. The van der Waals surface area contributed by atoms with Crippen molar-refractivity contribution in [3.05, 3.63) is 71.8 Å². The number of carbonyl (C=O) groups is 2. The van der Waals surface area contributed by atoms with Crippen molar-refractivity contribution >= 4 is 11.9 Å². The molecule has 1 fully saturated rings. The Labute approximate surface area is 184 Å². The van der Waals surface area contributed by atoms with Gasteiger partial charge in [0.2, 0.25) is 0 Å². The lowest BCUT2D eigenvalue weighted by Crippen LogP contribution is -2.61. The molecule has 1 aliphatic heterocycles. The Morgan fingerprint density at radius 1 is 0.903 bits per heavy atom. The Bertz CT molecular complexity index is 842. The van der Waals surface area contributed by atoms with Gasteiger partial charge in [0.15, 0.2) is 0 Å². The lowest BCUT2D eigenvalue weighted by Gasteiger charge is -2.47. The first-order chi connectivity index (χ1) is 14.9. The van der Waals surface area contributed by atoms with Crippen molar-refractivity contribution in [3.8, 4) is 0 Å². The molecule has 1 saturated heterocycles. The SMILES string of the molecule is CC(=O)OC[C@@H]1[C@H](OCc2ccccc2)[C@H](OC(C)=O)[C@@H](C)CN1Cc1ccccc1. The molecule has 166 valence electrons. The quantitative estimate of drug-likeness (QED) is 0.603. The molecule has 31 heavy (non-hydrogen) atoms. The summed E-state index contributed by atoms with van der Waals surface area (Å²) in [6.07, 6.45) is -0.857. The molecule has 0 aliphatic carbocycles. The van der Waals surface area contributed by atoms with Gasteiger partial charge in [-0.25, -0.2) is 0 Å². The highest BCUT2D eigenvalue weighted by molar-refractivity contribution is 5.66. The van der Waals surface area contributed by atoms with Gasteiger partial charge in [0, 0.05) is 32.9 Å². The minimum Gasteiger partial charge on any atom is -0.464 e. The molecule has 2 aromatic rings. The normalized spacial score (nSPS) is 23.8. The van der Waals surface area contributed by atoms with Gasteiger partial charge in [-0.15, -0.1) is 0 Å². The maximum Gasteiger partial charge on any atom is 0.303 e. The third kappa shape index (κ3) is 6.64. The Kier molecular flexibility index (Phi) is 8.20. The van der Waals surface area contributed by atoms with E-state index in [1.165, 1.54) is 13.8 Å². The summed E-state index contributed by atoms with van der Waals surface area (Å²) >= 11 is 0.